The van der Waals surface area contributed by atoms with Crippen molar-refractivity contribution in [2.75, 3.05) is 18.4 Å². The maximum atomic E-state index is 5.71. The lowest BCUT2D eigenvalue weighted by molar-refractivity contribution is 0.994. The highest BCUT2D eigenvalue weighted by atomic mass is 15.1. The molecular weight excluding hydrogens is 334 g/mol. The topological polar surface area (TPSA) is 68.2 Å². The summed E-state index contributed by atoms with van der Waals surface area (Å²) in [4.78, 5) is 9.52. The fourth-order valence-electron chi connectivity index (χ4n) is 4.07. The van der Waals surface area contributed by atoms with Crippen LogP contribution in [0.4, 0.5) is 5.82 Å². The summed E-state index contributed by atoms with van der Waals surface area (Å²) in [7, 11) is 0. The van der Waals surface area contributed by atoms with E-state index >= 15 is 0 Å². The van der Waals surface area contributed by atoms with Gasteiger partial charge >= 0.3 is 0 Å². The summed E-state index contributed by atoms with van der Waals surface area (Å²) in [6.07, 6.45) is 2.08. The highest BCUT2D eigenvalue weighted by Crippen LogP contribution is 2.40. The number of hydrogen-bond donors (Lipinski definition) is 2. The molecule has 5 heteroatoms. The normalized spacial score (nSPS) is 11.4. The van der Waals surface area contributed by atoms with Crippen molar-refractivity contribution in [3.63, 3.8) is 0 Å². The van der Waals surface area contributed by atoms with Crippen LogP contribution in [0.25, 0.3) is 27.7 Å². The smallest absolute Gasteiger partial charge is 0.154 e. The quantitative estimate of drug-likeness (QED) is 0.574. The zero-order valence-electron chi connectivity index (χ0n) is 16.3. The van der Waals surface area contributed by atoms with E-state index in [9.17, 15) is 0 Å². The molecule has 0 aliphatic heterocycles. The Bertz CT molecular complexity index is 1130. The summed E-state index contributed by atoms with van der Waals surface area (Å²) in [5.74, 6) is 1.58. The summed E-state index contributed by atoms with van der Waals surface area (Å²) in [6, 6.07) is 10.7. The molecule has 3 N–H and O–H groups in total. The monoisotopic (exact) mass is 359 g/mol. The van der Waals surface area contributed by atoms with Gasteiger partial charge in [0.15, 0.2) is 5.82 Å². The van der Waals surface area contributed by atoms with Crippen molar-refractivity contribution in [3.05, 3.63) is 59.0 Å². The van der Waals surface area contributed by atoms with Crippen LogP contribution in [-0.4, -0.2) is 27.5 Å². The number of aryl methyl sites for hydroxylation is 4. The molecule has 0 radical (unpaired) electrons. The molecule has 0 saturated carbocycles. The van der Waals surface area contributed by atoms with E-state index in [0.717, 1.165) is 28.2 Å². The van der Waals surface area contributed by atoms with E-state index in [1.165, 1.54) is 27.8 Å². The Morgan fingerprint density at radius 1 is 1.00 bits per heavy atom. The van der Waals surface area contributed by atoms with Gasteiger partial charge in [0.25, 0.3) is 0 Å². The van der Waals surface area contributed by atoms with Gasteiger partial charge in [0, 0.05) is 24.8 Å². The minimum atomic E-state index is 0.552. The molecular formula is C22H25N5. The first-order chi connectivity index (χ1) is 13.0. The zero-order valence-corrected chi connectivity index (χ0v) is 16.3. The van der Waals surface area contributed by atoms with Gasteiger partial charge in [-0.25, -0.2) is 9.97 Å². The first-order valence-corrected chi connectivity index (χ1v) is 9.31. The highest BCUT2D eigenvalue weighted by molar-refractivity contribution is 6.08. The number of nitrogens with two attached hydrogens (primary N) is 1. The van der Waals surface area contributed by atoms with E-state index < -0.39 is 0 Å². The molecule has 0 aliphatic carbocycles. The Hall–Kier alpha value is -2.92. The lowest BCUT2D eigenvalue weighted by Crippen LogP contribution is -2.15. The summed E-state index contributed by atoms with van der Waals surface area (Å²) >= 11 is 0. The van der Waals surface area contributed by atoms with E-state index in [1.807, 2.05) is 13.0 Å². The molecule has 0 aliphatic rings. The van der Waals surface area contributed by atoms with Gasteiger partial charge in [-0.15, -0.1) is 0 Å². The van der Waals surface area contributed by atoms with Crippen LogP contribution in [0.15, 0.2) is 36.5 Å². The molecule has 138 valence electrons. The van der Waals surface area contributed by atoms with Gasteiger partial charge in [-0.2, -0.15) is 0 Å². The summed E-state index contributed by atoms with van der Waals surface area (Å²) in [5.41, 5.74) is 15.0. The minimum absolute atomic E-state index is 0.552. The molecule has 3 aromatic heterocycles. The number of nitrogens with one attached hydrogen (secondary N) is 1. The van der Waals surface area contributed by atoms with Crippen molar-refractivity contribution >= 4 is 22.4 Å². The first kappa shape index (κ1) is 17.5. The van der Waals surface area contributed by atoms with Crippen molar-refractivity contribution < 1.29 is 0 Å². The molecule has 0 amide bonds. The fraction of sp³-hybridized carbons (Fsp3) is 0.273. The second-order valence-electron chi connectivity index (χ2n) is 7.14. The third-order valence-electron chi connectivity index (χ3n) is 4.95. The predicted molar refractivity (Wildman–Crippen MR) is 112 cm³/mol. The average Bonchev–Trinajstić information content (AvgIpc) is 2.93. The maximum Gasteiger partial charge on any atom is 0.154 e. The van der Waals surface area contributed by atoms with Gasteiger partial charge in [-0.05, 0) is 56.5 Å². The summed E-state index contributed by atoms with van der Waals surface area (Å²) in [6.45, 7) is 9.65. The number of anilines is 1. The number of aromatic nitrogens is 3. The Kier molecular flexibility index (Phi) is 4.32. The number of benzene rings is 1. The molecule has 0 fully saturated rings. The number of fused-ring (bicyclic) bond motifs is 3. The number of rotatable bonds is 4. The fourth-order valence-corrected chi connectivity index (χ4v) is 4.07. The molecule has 0 bridgehead atoms. The van der Waals surface area contributed by atoms with Crippen molar-refractivity contribution in [1.29, 1.82) is 0 Å². The highest BCUT2D eigenvalue weighted by Gasteiger charge is 2.21. The minimum Gasteiger partial charge on any atom is -0.367 e. The van der Waals surface area contributed by atoms with E-state index in [2.05, 4.69) is 65.9 Å². The molecule has 4 aromatic rings. The third kappa shape index (κ3) is 2.84. The van der Waals surface area contributed by atoms with E-state index in [1.54, 1.807) is 0 Å². The van der Waals surface area contributed by atoms with Crippen LogP contribution < -0.4 is 11.1 Å². The van der Waals surface area contributed by atoms with Gasteiger partial charge < -0.3 is 15.5 Å². The van der Waals surface area contributed by atoms with E-state index in [4.69, 9.17) is 10.7 Å². The molecule has 27 heavy (non-hydrogen) atoms. The van der Waals surface area contributed by atoms with Crippen LogP contribution in [0.3, 0.4) is 0 Å². The van der Waals surface area contributed by atoms with Crippen molar-refractivity contribution in [1.82, 2.24) is 14.4 Å². The Balaban J connectivity index is 2.16. The maximum absolute atomic E-state index is 5.71. The van der Waals surface area contributed by atoms with Crippen LogP contribution >= 0.6 is 0 Å². The van der Waals surface area contributed by atoms with Crippen LogP contribution in [0.5, 0.6) is 0 Å². The lowest BCUT2D eigenvalue weighted by Gasteiger charge is -2.12. The van der Waals surface area contributed by atoms with Gasteiger partial charge in [-0.3, -0.25) is 0 Å². The molecule has 0 saturated heterocycles. The molecule has 1 aromatic carbocycles. The van der Waals surface area contributed by atoms with Crippen LogP contribution in [0.2, 0.25) is 0 Å². The van der Waals surface area contributed by atoms with Gasteiger partial charge in [-0.1, -0.05) is 23.8 Å². The van der Waals surface area contributed by atoms with E-state index in [0.29, 0.717) is 13.1 Å². The largest absolute Gasteiger partial charge is 0.367 e. The molecule has 0 unspecified atom stereocenters. The first-order valence-electron chi connectivity index (χ1n) is 9.31. The molecule has 4 rings (SSSR count). The predicted octanol–water partition coefficient (Wildman–Crippen LogP) is 4.15. The van der Waals surface area contributed by atoms with Gasteiger partial charge in [0.05, 0.1) is 5.52 Å². The molecule has 3 heterocycles. The van der Waals surface area contributed by atoms with Crippen LogP contribution in [0.1, 0.15) is 22.5 Å². The molecule has 5 nitrogen and oxygen atoms in total. The average molecular weight is 359 g/mol. The zero-order chi connectivity index (χ0) is 19.1. The van der Waals surface area contributed by atoms with Crippen LogP contribution in [0, 0.1) is 27.7 Å². The number of nitrogens with zero attached hydrogens (tertiary/aromatic N) is 3. The molecule has 0 atom stereocenters. The second kappa shape index (κ2) is 6.67. The lowest BCUT2D eigenvalue weighted by atomic mass is 9.93. The van der Waals surface area contributed by atoms with Gasteiger partial charge in [0.1, 0.15) is 16.9 Å². The second-order valence-corrected chi connectivity index (χ2v) is 7.14. The number of pyridine rings is 1. The van der Waals surface area contributed by atoms with Crippen molar-refractivity contribution in [3.8, 4) is 11.1 Å². The standard InChI is InChI=1S/C22H25N5/c1-13-11-14(2)18(15(3)12-13)19-17-7-5-6-10-27(17)21-20(19)25-16(4)26-22(21)24-9-8-23/h5-7,10-12H,8-9,23H2,1-4H3,(H,24,25,26). The Labute approximate surface area is 159 Å². The van der Waals surface area contributed by atoms with Crippen molar-refractivity contribution in [2.24, 2.45) is 5.73 Å². The summed E-state index contributed by atoms with van der Waals surface area (Å²) < 4.78 is 2.18. The van der Waals surface area contributed by atoms with E-state index in [-0.39, 0.29) is 0 Å². The van der Waals surface area contributed by atoms with Crippen molar-refractivity contribution in [2.45, 2.75) is 27.7 Å². The third-order valence-corrected chi connectivity index (χ3v) is 4.95. The number of hydrogen-bond acceptors (Lipinski definition) is 4. The SMILES string of the molecule is Cc1cc(C)c(-c2c3nc(C)nc(NCCN)c3n3ccccc23)c(C)c1. The Morgan fingerprint density at radius 3 is 2.44 bits per heavy atom. The van der Waals surface area contributed by atoms with Gasteiger partial charge in [0.2, 0.25) is 0 Å². The Morgan fingerprint density at radius 2 is 1.74 bits per heavy atom. The molecule has 0 spiro atoms. The van der Waals surface area contributed by atoms with Crippen LogP contribution in [-0.2, 0) is 0 Å². The summed E-state index contributed by atoms with van der Waals surface area (Å²) in [5, 5.41) is 3.38.